The number of para-hydroxylation sites is 1. The predicted octanol–water partition coefficient (Wildman–Crippen LogP) is 1.69. The fraction of sp³-hybridized carbons (Fsp3) is 0.636. The van der Waals surface area contributed by atoms with Gasteiger partial charge in [-0.1, -0.05) is 18.2 Å². The van der Waals surface area contributed by atoms with Gasteiger partial charge in [0.1, 0.15) is 5.75 Å². The molecule has 1 aliphatic carbocycles. The first-order valence-corrected chi connectivity index (χ1v) is 10.9. The summed E-state index contributed by atoms with van der Waals surface area (Å²) in [6, 6.07) is 8.23. The van der Waals surface area contributed by atoms with Gasteiger partial charge < -0.3 is 25.0 Å². The molecule has 0 radical (unpaired) electrons. The molecule has 0 unspecified atom stereocenters. The van der Waals surface area contributed by atoms with Crippen LogP contribution < -0.4 is 15.4 Å². The van der Waals surface area contributed by atoms with E-state index in [1.165, 1.54) is 6.42 Å². The standard InChI is InChI=1S/C22H35N5O3.HI/c1-23-22(25-16-18-6-3-4-9-20(18)30-19-7-5-8-19)27-13-11-26(12-14-27)17-21(28)24-10-15-29-2;/h3-4,6,9,19H,5,7-8,10-17H2,1-2H3,(H,23,25)(H,24,28);1H. The molecule has 0 bridgehead atoms. The largest absolute Gasteiger partial charge is 0.490 e. The number of piperazine rings is 1. The van der Waals surface area contributed by atoms with E-state index in [2.05, 4.69) is 37.6 Å². The van der Waals surface area contributed by atoms with E-state index in [1.54, 1.807) is 7.11 Å². The Labute approximate surface area is 202 Å². The lowest BCUT2D eigenvalue weighted by atomic mass is 9.96. The Kier molecular flexibility index (Phi) is 11.4. The average molecular weight is 545 g/mol. The third-order valence-electron chi connectivity index (χ3n) is 5.63. The quantitative estimate of drug-likeness (QED) is 0.213. The molecule has 1 saturated carbocycles. The van der Waals surface area contributed by atoms with Crippen LogP contribution in [0.5, 0.6) is 5.75 Å². The van der Waals surface area contributed by atoms with Gasteiger partial charge in [0, 0.05) is 59.0 Å². The van der Waals surface area contributed by atoms with E-state index in [4.69, 9.17) is 9.47 Å². The minimum atomic E-state index is 0. The van der Waals surface area contributed by atoms with Gasteiger partial charge in [0.25, 0.3) is 0 Å². The van der Waals surface area contributed by atoms with Gasteiger partial charge in [-0.15, -0.1) is 24.0 Å². The van der Waals surface area contributed by atoms with Crippen LogP contribution in [0, 0.1) is 0 Å². The van der Waals surface area contributed by atoms with E-state index >= 15 is 0 Å². The highest BCUT2D eigenvalue weighted by atomic mass is 127. The molecule has 31 heavy (non-hydrogen) atoms. The molecule has 1 saturated heterocycles. The highest BCUT2D eigenvalue weighted by molar-refractivity contribution is 14.0. The number of nitrogens with zero attached hydrogens (tertiary/aromatic N) is 3. The van der Waals surface area contributed by atoms with Crippen LogP contribution in [-0.4, -0.2) is 87.8 Å². The van der Waals surface area contributed by atoms with Gasteiger partial charge in [0.05, 0.1) is 19.3 Å². The third-order valence-corrected chi connectivity index (χ3v) is 5.63. The Morgan fingerprint density at radius 2 is 1.90 bits per heavy atom. The number of halogens is 1. The SMILES string of the molecule is CN=C(NCc1ccccc1OC1CCC1)N1CCN(CC(=O)NCCOC)CC1.I. The predicted molar refractivity (Wildman–Crippen MR) is 133 cm³/mol. The second kappa shape index (κ2) is 13.7. The van der Waals surface area contributed by atoms with Gasteiger partial charge in [-0.25, -0.2) is 0 Å². The second-order valence-electron chi connectivity index (χ2n) is 7.79. The van der Waals surface area contributed by atoms with Crippen molar-refractivity contribution in [3.05, 3.63) is 29.8 Å². The van der Waals surface area contributed by atoms with E-state index < -0.39 is 0 Å². The molecule has 2 aliphatic rings. The maximum Gasteiger partial charge on any atom is 0.234 e. The molecule has 2 fully saturated rings. The van der Waals surface area contributed by atoms with Gasteiger partial charge in [-0.05, 0) is 25.3 Å². The zero-order valence-corrected chi connectivity index (χ0v) is 21.0. The van der Waals surface area contributed by atoms with Crippen molar-refractivity contribution in [1.29, 1.82) is 0 Å². The number of carbonyl (C=O) groups excluding carboxylic acids is 1. The summed E-state index contributed by atoms with van der Waals surface area (Å²) in [5.41, 5.74) is 1.15. The van der Waals surface area contributed by atoms with Crippen LogP contribution in [0.4, 0.5) is 0 Å². The van der Waals surface area contributed by atoms with Crippen molar-refractivity contribution in [2.75, 3.05) is 60.0 Å². The van der Waals surface area contributed by atoms with Crippen molar-refractivity contribution >= 4 is 35.8 Å². The van der Waals surface area contributed by atoms with Crippen LogP contribution in [0.3, 0.4) is 0 Å². The van der Waals surface area contributed by atoms with Crippen molar-refractivity contribution in [3.8, 4) is 5.75 Å². The van der Waals surface area contributed by atoms with Crippen LogP contribution in [-0.2, 0) is 16.1 Å². The maximum atomic E-state index is 12.0. The van der Waals surface area contributed by atoms with Gasteiger partial charge >= 0.3 is 0 Å². The van der Waals surface area contributed by atoms with E-state index in [1.807, 2.05) is 19.2 Å². The molecule has 1 aromatic rings. The molecular weight excluding hydrogens is 509 g/mol. The van der Waals surface area contributed by atoms with Gasteiger partial charge in [-0.3, -0.25) is 14.7 Å². The number of hydrogen-bond donors (Lipinski definition) is 2. The zero-order valence-electron chi connectivity index (χ0n) is 18.6. The lowest BCUT2D eigenvalue weighted by Crippen LogP contribution is -2.54. The molecule has 1 aromatic carbocycles. The first-order valence-electron chi connectivity index (χ1n) is 10.9. The summed E-state index contributed by atoms with van der Waals surface area (Å²) in [6.45, 7) is 5.54. The van der Waals surface area contributed by atoms with Crippen molar-refractivity contribution in [2.24, 2.45) is 4.99 Å². The molecule has 0 spiro atoms. The Balaban J connectivity index is 0.00000341. The summed E-state index contributed by atoms with van der Waals surface area (Å²) >= 11 is 0. The number of amides is 1. The van der Waals surface area contributed by atoms with Crippen LogP contribution >= 0.6 is 24.0 Å². The summed E-state index contributed by atoms with van der Waals surface area (Å²) < 4.78 is 11.1. The number of rotatable bonds is 9. The topological polar surface area (TPSA) is 78.4 Å². The monoisotopic (exact) mass is 545 g/mol. The molecule has 174 valence electrons. The number of methoxy groups -OCH3 is 1. The first-order chi connectivity index (χ1) is 14.7. The molecule has 1 heterocycles. The average Bonchev–Trinajstić information content (AvgIpc) is 2.73. The summed E-state index contributed by atoms with van der Waals surface area (Å²) in [5, 5.41) is 6.35. The lowest BCUT2D eigenvalue weighted by Gasteiger charge is -2.36. The van der Waals surface area contributed by atoms with Crippen LogP contribution in [0.25, 0.3) is 0 Å². The minimum absolute atomic E-state index is 0. The maximum absolute atomic E-state index is 12.0. The number of guanidine groups is 1. The zero-order chi connectivity index (χ0) is 21.2. The highest BCUT2D eigenvalue weighted by Gasteiger charge is 2.22. The number of nitrogens with one attached hydrogen (secondary N) is 2. The number of hydrogen-bond acceptors (Lipinski definition) is 5. The fourth-order valence-electron chi connectivity index (χ4n) is 3.61. The first kappa shape index (κ1) is 25.7. The van der Waals surface area contributed by atoms with E-state index in [-0.39, 0.29) is 29.9 Å². The second-order valence-corrected chi connectivity index (χ2v) is 7.79. The smallest absolute Gasteiger partial charge is 0.234 e. The highest BCUT2D eigenvalue weighted by Crippen LogP contribution is 2.27. The van der Waals surface area contributed by atoms with Gasteiger partial charge in [0.2, 0.25) is 5.91 Å². The van der Waals surface area contributed by atoms with Crippen molar-refractivity contribution in [1.82, 2.24) is 20.4 Å². The van der Waals surface area contributed by atoms with Gasteiger partial charge in [0.15, 0.2) is 5.96 Å². The Morgan fingerprint density at radius 1 is 1.16 bits per heavy atom. The molecular formula is C22H36IN5O3. The van der Waals surface area contributed by atoms with E-state index in [0.29, 0.717) is 32.3 Å². The molecule has 0 aromatic heterocycles. The molecule has 2 N–H and O–H groups in total. The summed E-state index contributed by atoms with van der Waals surface area (Å²) in [6.07, 6.45) is 3.93. The molecule has 3 rings (SSSR count). The Bertz CT molecular complexity index is 706. The van der Waals surface area contributed by atoms with Crippen molar-refractivity contribution < 1.29 is 14.3 Å². The van der Waals surface area contributed by atoms with Crippen LogP contribution in [0.1, 0.15) is 24.8 Å². The van der Waals surface area contributed by atoms with Gasteiger partial charge in [-0.2, -0.15) is 0 Å². The van der Waals surface area contributed by atoms with Crippen LogP contribution in [0.15, 0.2) is 29.3 Å². The Morgan fingerprint density at radius 3 is 2.55 bits per heavy atom. The minimum Gasteiger partial charge on any atom is -0.490 e. The number of ether oxygens (including phenoxy) is 2. The number of carbonyl (C=O) groups is 1. The summed E-state index contributed by atoms with van der Waals surface area (Å²) in [4.78, 5) is 20.9. The number of benzene rings is 1. The molecule has 0 atom stereocenters. The summed E-state index contributed by atoms with van der Waals surface area (Å²) in [7, 11) is 3.45. The molecule has 1 aliphatic heterocycles. The normalized spacial score (nSPS) is 17.5. The third kappa shape index (κ3) is 8.12. The molecule has 8 nitrogen and oxygen atoms in total. The molecule has 1 amide bonds. The Hall–Kier alpha value is -1.59. The fourth-order valence-corrected chi connectivity index (χ4v) is 3.61. The molecule has 9 heteroatoms. The lowest BCUT2D eigenvalue weighted by molar-refractivity contribution is -0.122. The summed E-state index contributed by atoms with van der Waals surface area (Å²) in [5.74, 6) is 1.90. The van der Waals surface area contributed by atoms with Crippen LogP contribution in [0.2, 0.25) is 0 Å². The number of aliphatic imine (C=N–C) groups is 1. The van der Waals surface area contributed by atoms with Crippen molar-refractivity contribution in [3.63, 3.8) is 0 Å². The van der Waals surface area contributed by atoms with Crippen molar-refractivity contribution in [2.45, 2.75) is 31.9 Å². The van der Waals surface area contributed by atoms with E-state index in [0.717, 1.165) is 56.3 Å². The van der Waals surface area contributed by atoms with E-state index in [9.17, 15) is 4.79 Å².